The number of hydrogen-bond donors (Lipinski definition) is 2. The molecule has 3 heteroatoms. The van der Waals surface area contributed by atoms with Crippen LogP contribution in [0, 0.1) is 0 Å². The smallest absolute Gasteiger partial charge is 0.0544 e. The van der Waals surface area contributed by atoms with Gasteiger partial charge in [-0.25, -0.2) is 0 Å². The van der Waals surface area contributed by atoms with Gasteiger partial charge < -0.3 is 9.88 Å². The number of rotatable bonds is 8. The first-order chi connectivity index (χ1) is 26.7. The van der Waals surface area contributed by atoms with Crippen LogP contribution in [0.25, 0.3) is 55.3 Å². The molecular weight excluding hydrogens is 673 g/mol. The van der Waals surface area contributed by atoms with Crippen LogP contribution in [-0.4, -0.2) is 24.4 Å². The summed E-state index contributed by atoms with van der Waals surface area (Å²) in [5.74, 6) is 0. The number of nitrogens with zero attached hydrogens (tertiary/aromatic N) is 1. The van der Waals surface area contributed by atoms with E-state index in [4.69, 9.17) is 0 Å². The van der Waals surface area contributed by atoms with E-state index in [1.165, 1.54) is 77.6 Å². The first-order valence-corrected chi connectivity index (χ1v) is 20.1. The van der Waals surface area contributed by atoms with Crippen molar-refractivity contribution < 1.29 is 0 Å². The van der Waals surface area contributed by atoms with Crippen molar-refractivity contribution in [2.75, 3.05) is 19.8 Å². The Morgan fingerprint density at radius 1 is 0.778 bits per heavy atom. The SMILES string of the molecule is C=C1/C=C\C=C/Cc2c1ccc1c2c2ccc(C/C=C(\CNC)c3cc(C4=CC=CCC4)cc(-c4ccccc4)c3)cc2n1-c1ccccc1.CC.CS. The van der Waals surface area contributed by atoms with Crippen molar-refractivity contribution in [3.8, 4) is 16.8 Å². The lowest BCUT2D eigenvalue weighted by Gasteiger charge is -2.16. The van der Waals surface area contributed by atoms with Gasteiger partial charge in [0, 0.05) is 23.0 Å². The maximum atomic E-state index is 4.41. The molecule has 0 radical (unpaired) electrons. The predicted octanol–water partition coefficient (Wildman–Crippen LogP) is 13.3. The number of nitrogens with one attached hydrogen (secondary N) is 1. The Labute approximate surface area is 328 Å². The van der Waals surface area contributed by atoms with Crippen molar-refractivity contribution in [1.29, 1.82) is 0 Å². The van der Waals surface area contributed by atoms with E-state index in [1.54, 1.807) is 6.26 Å². The van der Waals surface area contributed by atoms with Crippen LogP contribution in [0.4, 0.5) is 0 Å². The number of benzene rings is 5. The van der Waals surface area contributed by atoms with E-state index in [0.717, 1.165) is 37.8 Å². The van der Waals surface area contributed by atoms with Gasteiger partial charge in [-0.1, -0.05) is 136 Å². The fourth-order valence-corrected chi connectivity index (χ4v) is 7.61. The fraction of sp³-hybridized carbons (Fsp3) is 0.176. The summed E-state index contributed by atoms with van der Waals surface area (Å²) in [6, 6.07) is 40.3. The fourth-order valence-electron chi connectivity index (χ4n) is 7.61. The molecule has 0 unspecified atom stereocenters. The molecule has 0 aliphatic heterocycles. The highest BCUT2D eigenvalue weighted by Crippen LogP contribution is 2.39. The van der Waals surface area contributed by atoms with Gasteiger partial charge in [0.25, 0.3) is 0 Å². The summed E-state index contributed by atoms with van der Waals surface area (Å²) < 4.78 is 2.44. The van der Waals surface area contributed by atoms with E-state index in [0.29, 0.717) is 0 Å². The van der Waals surface area contributed by atoms with Crippen molar-refractivity contribution in [1.82, 2.24) is 9.88 Å². The number of fused-ring (bicyclic) bond motifs is 5. The van der Waals surface area contributed by atoms with Gasteiger partial charge >= 0.3 is 0 Å². The number of aromatic nitrogens is 1. The van der Waals surface area contributed by atoms with Gasteiger partial charge in [-0.3, -0.25) is 0 Å². The average molecular weight is 725 g/mol. The molecule has 5 aromatic carbocycles. The predicted molar refractivity (Wildman–Crippen MR) is 242 cm³/mol. The zero-order valence-electron chi connectivity index (χ0n) is 32.1. The van der Waals surface area contributed by atoms with Crippen LogP contribution in [0.2, 0.25) is 0 Å². The van der Waals surface area contributed by atoms with Crippen LogP contribution >= 0.6 is 12.6 Å². The molecule has 1 N–H and O–H groups in total. The second-order valence-electron chi connectivity index (χ2n) is 13.3. The third kappa shape index (κ3) is 8.24. The summed E-state index contributed by atoms with van der Waals surface area (Å²) in [7, 11) is 2.04. The third-order valence-corrected chi connectivity index (χ3v) is 10.1. The molecule has 0 atom stereocenters. The number of allylic oxidation sites excluding steroid dienone is 10. The second-order valence-corrected chi connectivity index (χ2v) is 13.3. The Morgan fingerprint density at radius 3 is 2.28 bits per heavy atom. The highest BCUT2D eigenvalue weighted by atomic mass is 32.1. The molecule has 0 amide bonds. The summed E-state index contributed by atoms with van der Waals surface area (Å²) in [5, 5.41) is 6.06. The Bertz CT molecular complexity index is 2380. The van der Waals surface area contributed by atoms with Gasteiger partial charge in [0.15, 0.2) is 0 Å². The van der Waals surface area contributed by atoms with Crippen LogP contribution in [0.5, 0.6) is 0 Å². The Hall–Kier alpha value is -5.35. The molecule has 0 saturated carbocycles. The van der Waals surface area contributed by atoms with Gasteiger partial charge in [0.2, 0.25) is 0 Å². The summed E-state index contributed by atoms with van der Waals surface area (Å²) in [5.41, 5.74) is 16.4. The number of thiol groups is 1. The van der Waals surface area contributed by atoms with E-state index < -0.39 is 0 Å². The molecule has 6 aromatic rings. The minimum Gasteiger partial charge on any atom is -0.316 e. The first-order valence-electron chi connectivity index (χ1n) is 19.2. The maximum absolute atomic E-state index is 4.41. The van der Waals surface area contributed by atoms with E-state index in [9.17, 15) is 0 Å². The Balaban J connectivity index is 0.00000120. The van der Waals surface area contributed by atoms with Gasteiger partial charge in [-0.2, -0.15) is 12.6 Å². The molecule has 0 bridgehead atoms. The quantitative estimate of drug-likeness (QED) is 0.149. The average Bonchev–Trinajstić information content (AvgIpc) is 3.57. The molecule has 54 heavy (non-hydrogen) atoms. The third-order valence-electron chi connectivity index (χ3n) is 10.1. The van der Waals surface area contributed by atoms with Crippen LogP contribution in [0.1, 0.15) is 54.5 Å². The number of likely N-dealkylation sites (N-methyl/N-ethyl adjacent to an activating group) is 1. The molecule has 2 aliphatic carbocycles. The lowest BCUT2D eigenvalue weighted by atomic mass is 9.90. The molecule has 0 saturated heterocycles. The lowest BCUT2D eigenvalue weighted by Crippen LogP contribution is -2.10. The lowest BCUT2D eigenvalue weighted by molar-refractivity contribution is 0.928. The molecule has 272 valence electrons. The topological polar surface area (TPSA) is 17.0 Å². The summed E-state index contributed by atoms with van der Waals surface area (Å²) in [6.07, 6.45) is 23.3. The van der Waals surface area contributed by atoms with Gasteiger partial charge in [0.05, 0.1) is 11.0 Å². The van der Waals surface area contributed by atoms with Crippen molar-refractivity contribution in [3.63, 3.8) is 0 Å². The zero-order valence-corrected chi connectivity index (χ0v) is 33.0. The largest absolute Gasteiger partial charge is 0.316 e. The van der Waals surface area contributed by atoms with E-state index >= 15 is 0 Å². The summed E-state index contributed by atoms with van der Waals surface area (Å²) in [6.45, 7) is 9.21. The van der Waals surface area contributed by atoms with E-state index in [1.807, 2.05) is 20.9 Å². The monoisotopic (exact) mass is 724 g/mol. The van der Waals surface area contributed by atoms with Crippen LogP contribution in [-0.2, 0) is 12.8 Å². The minimum atomic E-state index is 0.793. The number of hydrogen-bond acceptors (Lipinski definition) is 2. The molecule has 2 nitrogen and oxygen atoms in total. The van der Waals surface area contributed by atoms with Crippen LogP contribution in [0.3, 0.4) is 0 Å². The maximum Gasteiger partial charge on any atom is 0.0544 e. The standard InChI is InChI=1S/C48H42N2.C2H6.CH4S/c1-34-15-7-3-14-22-44-43(34)27-28-46-48(44)45-26-24-35(29-47(45)50(46)42-20-12-6-13-21-42)23-25-38(33-49-2)41-31-39(36-16-8-4-9-17-36)30-40(32-41)37-18-10-5-11-19-37;2*1-2/h3-10,12-18,20-21,24-32,49H,1,11,19,22-23,33H2,2H3;1-2H3;2H,1H3/b14-3-,15-7-,38-25+;;. The van der Waals surface area contributed by atoms with Crippen molar-refractivity contribution >= 4 is 51.2 Å². The molecule has 8 rings (SSSR count). The van der Waals surface area contributed by atoms with Gasteiger partial charge in [0.1, 0.15) is 0 Å². The van der Waals surface area contributed by atoms with Crippen LogP contribution < -0.4 is 5.32 Å². The van der Waals surface area contributed by atoms with Crippen LogP contribution in [0.15, 0.2) is 164 Å². The summed E-state index contributed by atoms with van der Waals surface area (Å²) >= 11 is 3.53. The number of para-hydroxylation sites is 1. The minimum absolute atomic E-state index is 0.793. The highest BCUT2D eigenvalue weighted by Gasteiger charge is 2.19. The van der Waals surface area contributed by atoms with Gasteiger partial charge in [-0.05, 0) is 137 Å². The van der Waals surface area contributed by atoms with E-state index in [-0.39, 0.29) is 0 Å². The normalized spacial score (nSPS) is 14.9. The van der Waals surface area contributed by atoms with E-state index in [2.05, 4.69) is 187 Å². The highest BCUT2D eigenvalue weighted by molar-refractivity contribution is 7.79. The summed E-state index contributed by atoms with van der Waals surface area (Å²) in [4.78, 5) is 0. The van der Waals surface area contributed by atoms with Crippen molar-refractivity contribution in [3.05, 3.63) is 192 Å². The second kappa shape index (κ2) is 18.6. The van der Waals surface area contributed by atoms with Gasteiger partial charge in [-0.15, -0.1) is 0 Å². The molecule has 0 spiro atoms. The molecule has 1 aromatic heterocycles. The zero-order chi connectivity index (χ0) is 37.9. The molecular formula is C51H52N2S. The Morgan fingerprint density at radius 2 is 1.54 bits per heavy atom. The molecule has 2 aliphatic rings. The van der Waals surface area contributed by atoms with Crippen molar-refractivity contribution in [2.24, 2.45) is 0 Å². The molecule has 0 fully saturated rings. The first kappa shape index (κ1) is 38.4. The Kier molecular flexibility index (Phi) is 13.2. The molecule has 1 heterocycles. The van der Waals surface area contributed by atoms with Crippen molar-refractivity contribution in [2.45, 2.75) is 39.5 Å².